The molecule has 0 saturated carbocycles. The van der Waals surface area contributed by atoms with Gasteiger partial charge in [-0.2, -0.15) is 5.10 Å². The van der Waals surface area contributed by atoms with Gasteiger partial charge in [0.1, 0.15) is 12.1 Å². The molecule has 23 heavy (non-hydrogen) atoms. The summed E-state index contributed by atoms with van der Waals surface area (Å²) in [6.07, 6.45) is 6.50. The predicted molar refractivity (Wildman–Crippen MR) is 88.3 cm³/mol. The monoisotopic (exact) mass is 316 g/mol. The molecule has 0 aromatic carbocycles. The zero-order valence-electron chi connectivity index (χ0n) is 13.9. The van der Waals surface area contributed by atoms with Gasteiger partial charge in [0.15, 0.2) is 0 Å². The molecule has 7 nitrogen and oxygen atoms in total. The second-order valence-electron chi connectivity index (χ2n) is 6.05. The van der Waals surface area contributed by atoms with Gasteiger partial charge < -0.3 is 15.0 Å². The van der Waals surface area contributed by atoms with E-state index >= 15 is 0 Å². The van der Waals surface area contributed by atoms with Crippen LogP contribution in [-0.4, -0.2) is 52.5 Å². The number of methoxy groups -OCH3 is 1. The highest BCUT2D eigenvalue weighted by atomic mass is 16.5. The molecule has 2 aromatic heterocycles. The van der Waals surface area contributed by atoms with Crippen molar-refractivity contribution >= 4 is 5.82 Å². The molecule has 2 aromatic rings. The second-order valence-corrected chi connectivity index (χ2v) is 6.05. The van der Waals surface area contributed by atoms with Gasteiger partial charge >= 0.3 is 0 Å². The van der Waals surface area contributed by atoms with Crippen LogP contribution in [0.5, 0.6) is 0 Å². The summed E-state index contributed by atoms with van der Waals surface area (Å²) in [5.74, 6) is 0.957. The van der Waals surface area contributed by atoms with Gasteiger partial charge in [0.2, 0.25) is 0 Å². The normalized spacial score (nSPS) is 22.5. The number of rotatable bonds is 6. The third-order valence-electron chi connectivity index (χ3n) is 4.57. The van der Waals surface area contributed by atoms with Crippen molar-refractivity contribution in [2.75, 3.05) is 25.1 Å². The van der Waals surface area contributed by atoms with Crippen molar-refractivity contribution in [2.24, 2.45) is 0 Å². The Labute approximate surface area is 136 Å². The Bertz CT molecular complexity index is 616. The number of nitrogens with one attached hydrogen (secondary N) is 2. The van der Waals surface area contributed by atoms with Gasteiger partial charge in [-0.1, -0.05) is 0 Å². The Morgan fingerprint density at radius 2 is 2.39 bits per heavy atom. The molecule has 0 aliphatic carbocycles. The summed E-state index contributed by atoms with van der Waals surface area (Å²) in [6, 6.07) is 2.56. The van der Waals surface area contributed by atoms with Crippen LogP contribution in [0.3, 0.4) is 0 Å². The Balaban J connectivity index is 1.66. The molecular formula is C16H24N6O. The highest BCUT2D eigenvalue weighted by molar-refractivity contribution is 5.40. The predicted octanol–water partition coefficient (Wildman–Crippen LogP) is 1.45. The van der Waals surface area contributed by atoms with Crippen molar-refractivity contribution in [1.82, 2.24) is 25.5 Å². The highest BCUT2D eigenvalue weighted by Crippen LogP contribution is 2.25. The Hall–Kier alpha value is -1.99. The average Bonchev–Trinajstić information content (AvgIpc) is 3.19. The number of nitrogens with zero attached hydrogens (tertiary/aromatic N) is 4. The second kappa shape index (κ2) is 7.06. The van der Waals surface area contributed by atoms with Crippen molar-refractivity contribution in [2.45, 2.75) is 38.5 Å². The maximum Gasteiger partial charge on any atom is 0.132 e. The minimum Gasteiger partial charge on any atom is -0.380 e. The molecule has 2 N–H and O–H groups in total. The summed E-state index contributed by atoms with van der Waals surface area (Å²) in [6.45, 7) is 5.94. The molecule has 1 aliphatic heterocycles. The van der Waals surface area contributed by atoms with E-state index in [2.05, 4.69) is 37.3 Å². The summed E-state index contributed by atoms with van der Waals surface area (Å²) in [5.41, 5.74) is 2.32. The van der Waals surface area contributed by atoms with Crippen LogP contribution in [0, 0.1) is 6.92 Å². The summed E-state index contributed by atoms with van der Waals surface area (Å²) < 4.78 is 5.56. The lowest BCUT2D eigenvalue weighted by Gasteiger charge is -2.26. The molecule has 124 valence electrons. The summed E-state index contributed by atoms with van der Waals surface area (Å²) in [4.78, 5) is 10.7. The molecule has 3 rings (SSSR count). The lowest BCUT2D eigenvalue weighted by Crippen LogP contribution is -2.39. The maximum absolute atomic E-state index is 5.56. The van der Waals surface area contributed by atoms with Crippen LogP contribution in [0.1, 0.15) is 30.6 Å². The van der Waals surface area contributed by atoms with Crippen LogP contribution in [0.4, 0.5) is 5.82 Å². The molecule has 7 heteroatoms. The number of hydrogen-bond donors (Lipinski definition) is 2. The number of anilines is 1. The highest BCUT2D eigenvalue weighted by Gasteiger charge is 2.33. The van der Waals surface area contributed by atoms with E-state index in [1.54, 1.807) is 19.6 Å². The van der Waals surface area contributed by atoms with E-state index in [0.717, 1.165) is 31.0 Å². The zero-order valence-corrected chi connectivity index (χ0v) is 13.9. The smallest absolute Gasteiger partial charge is 0.132 e. The first-order valence-electron chi connectivity index (χ1n) is 7.97. The van der Waals surface area contributed by atoms with Crippen LogP contribution >= 0.6 is 0 Å². The molecular weight excluding hydrogens is 292 g/mol. The first-order chi connectivity index (χ1) is 11.2. The molecule has 1 saturated heterocycles. The van der Waals surface area contributed by atoms with E-state index in [9.17, 15) is 0 Å². The summed E-state index contributed by atoms with van der Waals surface area (Å²) >= 11 is 0. The van der Waals surface area contributed by atoms with Gasteiger partial charge in [0.05, 0.1) is 12.3 Å². The first-order valence-corrected chi connectivity index (χ1v) is 7.97. The quantitative estimate of drug-likeness (QED) is 0.840. The summed E-state index contributed by atoms with van der Waals surface area (Å²) in [7, 11) is 1.77. The summed E-state index contributed by atoms with van der Waals surface area (Å²) in [5, 5.41) is 10.7. The van der Waals surface area contributed by atoms with Gasteiger partial charge in [0, 0.05) is 49.7 Å². The van der Waals surface area contributed by atoms with E-state index in [-0.39, 0.29) is 12.1 Å². The number of hydrogen-bond acceptors (Lipinski definition) is 6. The van der Waals surface area contributed by atoms with E-state index in [0.29, 0.717) is 6.04 Å². The van der Waals surface area contributed by atoms with Gasteiger partial charge in [0.25, 0.3) is 0 Å². The molecule has 3 atom stereocenters. The Morgan fingerprint density at radius 1 is 1.52 bits per heavy atom. The molecule has 0 bridgehead atoms. The standard InChI is InChI=1S/C16H24N6O/c1-11(15-8-20-21-12(15)2)18-7-13-6-14(23-3)9-22(13)16-4-5-17-10-19-16/h4-5,8,10-11,13-14,18H,6-7,9H2,1-3H3,(H,20,21)/t11?,13-,14-/m1/s1. The lowest BCUT2D eigenvalue weighted by molar-refractivity contribution is 0.118. The number of ether oxygens (including phenoxy) is 1. The van der Waals surface area contributed by atoms with E-state index in [1.165, 1.54) is 5.56 Å². The first kappa shape index (κ1) is 15.9. The Kier molecular flexibility index (Phi) is 4.88. The lowest BCUT2D eigenvalue weighted by atomic mass is 10.1. The molecule has 0 amide bonds. The van der Waals surface area contributed by atoms with Gasteiger partial charge in [-0.05, 0) is 26.3 Å². The van der Waals surface area contributed by atoms with E-state index in [4.69, 9.17) is 4.74 Å². The minimum absolute atomic E-state index is 0.239. The van der Waals surface area contributed by atoms with Crippen LogP contribution in [0.2, 0.25) is 0 Å². The molecule has 1 aliphatic rings. The Morgan fingerprint density at radius 3 is 3.04 bits per heavy atom. The average molecular weight is 316 g/mol. The molecule has 1 unspecified atom stereocenters. The minimum atomic E-state index is 0.239. The molecule has 3 heterocycles. The SMILES string of the molecule is CO[C@@H]1C[C@H](CNC(C)c2cn[nH]c2C)N(c2ccncn2)C1. The van der Waals surface area contributed by atoms with Crippen molar-refractivity contribution in [1.29, 1.82) is 0 Å². The van der Waals surface area contributed by atoms with Crippen molar-refractivity contribution < 1.29 is 4.74 Å². The number of H-pyrrole nitrogens is 1. The zero-order chi connectivity index (χ0) is 16.2. The van der Waals surface area contributed by atoms with Crippen LogP contribution < -0.4 is 10.2 Å². The third kappa shape index (κ3) is 3.51. The molecule has 0 spiro atoms. The van der Waals surface area contributed by atoms with Crippen molar-refractivity contribution in [3.8, 4) is 0 Å². The van der Waals surface area contributed by atoms with Gasteiger partial charge in [-0.25, -0.2) is 9.97 Å². The molecule has 0 radical (unpaired) electrons. The fourth-order valence-electron chi connectivity index (χ4n) is 3.19. The fraction of sp³-hybridized carbons (Fsp3) is 0.562. The fourth-order valence-corrected chi connectivity index (χ4v) is 3.19. The van der Waals surface area contributed by atoms with Gasteiger partial charge in [-0.3, -0.25) is 5.10 Å². The number of aryl methyl sites for hydroxylation is 1. The van der Waals surface area contributed by atoms with Crippen LogP contribution in [0.15, 0.2) is 24.8 Å². The number of aromatic amines is 1. The third-order valence-corrected chi connectivity index (χ3v) is 4.57. The van der Waals surface area contributed by atoms with E-state index < -0.39 is 0 Å². The topological polar surface area (TPSA) is 79.0 Å². The van der Waals surface area contributed by atoms with Crippen molar-refractivity contribution in [3.05, 3.63) is 36.0 Å². The largest absolute Gasteiger partial charge is 0.380 e. The maximum atomic E-state index is 5.56. The van der Waals surface area contributed by atoms with Crippen LogP contribution in [-0.2, 0) is 4.74 Å². The van der Waals surface area contributed by atoms with Crippen molar-refractivity contribution in [3.63, 3.8) is 0 Å². The number of aromatic nitrogens is 4. The van der Waals surface area contributed by atoms with Crippen LogP contribution in [0.25, 0.3) is 0 Å². The van der Waals surface area contributed by atoms with E-state index in [1.807, 2.05) is 19.2 Å². The van der Waals surface area contributed by atoms with Gasteiger partial charge in [-0.15, -0.1) is 0 Å². The molecule has 1 fully saturated rings.